The number of rotatable bonds is 3. The second-order valence-electron chi connectivity index (χ2n) is 7.52. The molecule has 0 N–H and O–H groups in total. The molecule has 0 spiro atoms. The molecule has 0 aromatic heterocycles. The predicted molar refractivity (Wildman–Crippen MR) is 102 cm³/mol. The van der Waals surface area contributed by atoms with Gasteiger partial charge >= 0.3 is 5.97 Å². The van der Waals surface area contributed by atoms with Crippen molar-refractivity contribution in [2.24, 2.45) is 15.5 Å². The van der Waals surface area contributed by atoms with E-state index in [2.05, 4.69) is 10.1 Å². The summed E-state index contributed by atoms with van der Waals surface area (Å²) in [4.78, 5) is 26.3. The van der Waals surface area contributed by atoms with Crippen LogP contribution in [0.1, 0.15) is 34.1 Å². The van der Waals surface area contributed by atoms with Crippen LogP contribution in [0.3, 0.4) is 0 Å². The molecule has 152 valence electrons. The monoisotopic (exact) mass is 402 g/mol. The highest BCUT2D eigenvalue weighted by atomic mass is 19.1. The molecule has 0 bridgehead atoms. The number of hydrogen-bond donors (Lipinski definition) is 0. The summed E-state index contributed by atoms with van der Waals surface area (Å²) in [7, 11) is 0. The molecular formula is C19H19FN4O5. The number of hydrazone groups is 1. The van der Waals surface area contributed by atoms with E-state index in [0.29, 0.717) is 17.9 Å². The van der Waals surface area contributed by atoms with Crippen LogP contribution in [0, 0.1) is 21.3 Å². The van der Waals surface area contributed by atoms with E-state index in [1.165, 1.54) is 17.5 Å². The van der Waals surface area contributed by atoms with Crippen molar-refractivity contribution in [3.8, 4) is 5.75 Å². The van der Waals surface area contributed by atoms with Gasteiger partial charge in [-0.1, -0.05) is 0 Å². The molecule has 0 saturated carbocycles. The molecule has 0 unspecified atom stereocenters. The van der Waals surface area contributed by atoms with E-state index >= 15 is 0 Å². The van der Waals surface area contributed by atoms with E-state index in [0.717, 1.165) is 23.8 Å². The second-order valence-corrected chi connectivity index (χ2v) is 7.52. The number of nitro groups is 1. The lowest BCUT2D eigenvalue weighted by atomic mass is 9.97. The highest BCUT2D eigenvalue weighted by Crippen LogP contribution is 2.31. The number of ether oxygens (including phenoxy) is 2. The highest BCUT2D eigenvalue weighted by Gasteiger charge is 2.30. The van der Waals surface area contributed by atoms with Crippen molar-refractivity contribution in [2.75, 3.05) is 0 Å². The number of carbonyl (C=O) groups excluding carboxylic acids is 1. The zero-order valence-corrected chi connectivity index (χ0v) is 16.3. The fraction of sp³-hybridized carbons (Fsp3) is 0.316. The van der Waals surface area contributed by atoms with E-state index < -0.39 is 16.2 Å². The van der Waals surface area contributed by atoms with Crippen LogP contribution in [0.4, 0.5) is 10.1 Å². The van der Waals surface area contributed by atoms with Crippen molar-refractivity contribution < 1.29 is 23.6 Å². The summed E-state index contributed by atoms with van der Waals surface area (Å²) < 4.78 is 25.2. The Kier molecular flexibility index (Phi) is 5.19. The van der Waals surface area contributed by atoms with Gasteiger partial charge in [0.15, 0.2) is 11.6 Å². The van der Waals surface area contributed by atoms with Gasteiger partial charge in [-0.25, -0.2) is 9.40 Å². The van der Waals surface area contributed by atoms with Crippen molar-refractivity contribution >= 4 is 23.9 Å². The third-order valence-electron chi connectivity index (χ3n) is 4.06. The topological polar surface area (TPSA) is 107 Å². The van der Waals surface area contributed by atoms with E-state index in [9.17, 15) is 19.3 Å². The van der Waals surface area contributed by atoms with Gasteiger partial charge in [0.25, 0.3) is 5.69 Å². The molecule has 10 heteroatoms. The molecule has 9 nitrogen and oxygen atoms in total. The van der Waals surface area contributed by atoms with E-state index in [1.807, 2.05) is 0 Å². The number of hydrogen-bond acceptors (Lipinski definition) is 8. The van der Waals surface area contributed by atoms with Crippen LogP contribution in [0.5, 0.6) is 5.75 Å². The maximum atomic E-state index is 14.2. The molecule has 2 heterocycles. The Morgan fingerprint density at radius 3 is 2.69 bits per heavy atom. The van der Waals surface area contributed by atoms with Crippen LogP contribution in [-0.4, -0.2) is 28.1 Å². The normalized spacial score (nSPS) is 16.1. The van der Waals surface area contributed by atoms with Gasteiger partial charge in [0.2, 0.25) is 5.90 Å². The van der Waals surface area contributed by atoms with E-state index in [4.69, 9.17) is 9.47 Å². The van der Waals surface area contributed by atoms with Crippen LogP contribution >= 0.6 is 0 Å². The zero-order chi connectivity index (χ0) is 21.3. The quantitative estimate of drug-likeness (QED) is 0.431. The first-order chi connectivity index (χ1) is 13.6. The molecule has 0 fully saturated rings. The lowest BCUT2D eigenvalue weighted by Gasteiger charge is -2.29. The van der Waals surface area contributed by atoms with Crippen LogP contribution in [0.25, 0.3) is 0 Å². The molecule has 0 amide bonds. The smallest absolute Gasteiger partial charge is 0.316 e. The Hall–Kier alpha value is -3.56. The van der Waals surface area contributed by atoms with Crippen LogP contribution < -0.4 is 4.74 Å². The first kappa shape index (κ1) is 20.2. The molecule has 0 radical (unpaired) electrons. The third-order valence-corrected chi connectivity index (χ3v) is 4.06. The maximum Gasteiger partial charge on any atom is 0.316 e. The Labute approximate surface area is 166 Å². The van der Waals surface area contributed by atoms with Crippen LogP contribution in [0.15, 0.2) is 51.5 Å². The molecule has 1 aromatic rings. The summed E-state index contributed by atoms with van der Waals surface area (Å²) >= 11 is 0. The number of allylic oxidation sites excluding steroid dienone is 1. The SMILES string of the molecule is CC1=C2C(Oc3ccc([N+](=O)[O-])cc3F)=NC=NN2C=C(OC(=O)C(C)(C)C)C1. The van der Waals surface area contributed by atoms with E-state index in [-0.39, 0.29) is 23.3 Å². The van der Waals surface area contributed by atoms with Crippen molar-refractivity contribution in [1.29, 1.82) is 0 Å². The molecule has 29 heavy (non-hydrogen) atoms. The van der Waals surface area contributed by atoms with Gasteiger partial charge in [-0.15, -0.1) is 0 Å². The summed E-state index contributed by atoms with van der Waals surface area (Å²) in [6, 6.07) is 3.08. The summed E-state index contributed by atoms with van der Waals surface area (Å²) in [5, 5.41) is 16.3. The standard InChI is InChI=1S/C19H19FN4O5/c1-11-7-13(28-18(25)19(2,3)4)9-23-16(11)17(21-10-22-23)29-15-6-5-12(24(26)27)8-14(15)20/h5-6,8-10H,7H2,1-4H3. The largest absolute Gasteiger partial charge is 0.434 e. The van der Waals surface area contributed by atoms with Gasteiger partial charge < -0.3 is 9.47 Å². The summed E-state index contributed by atoms with van der Waals surface area (Å²) in [6.07, 6.45) is 3.06. The van der Waals surface area contributed by atoms with Gasteiger partial charge in [0.1, 0.15) is 17.8 Å². The average molecular weight is 402 g/mol. The van der Waals surface area contributed by atoms with Crippen molar-refractivity contribution in [2.45, 2.75) is 34.1 Å². The zero-order valence-electron chi connectivity index (χ0n) is 16.3. The summed E-state index contributed by atoms with van der Waals surface area (Å²) in [6.45, 7) is 7.04. The number of halogens is 1. The van der Waals surface area contributed by atoms with E-state index in [1.54, 1.807) is 27.7 Å². The molecule has 2 aliphatic rings. The molecule has 3 rings (SSSR count). The predicted octanol–water partition coefficient (Wildman–Crippen LogP) is 3.88. The van der Waals surface area contributed by atoms with Crippen molar-refractivity contribution in [3.05, 3.63) is 57.4 Å². The van der Waals surface area contributed by atoms with Gasteiger partial charge in [-0.05, 0) is 39.3 Å². The molecule has 0 atom stereocenters. The van der Waals surface area contributed by atoms with Crippen molar-refractivity contribution in [3.63, 3.8) is 0 Å². The minimum Gasteiger partial charge on any atom is -0.434 e. The van der Waals surface area contributed by atoms with Crippen LogP contribution in [0.2, 0.25) is 0 Å². The third kappa shape index (κ3) is 4.31. The Morgan fingerprint density at radius 2 is 2.07 bits per heavy atom. The molecule has 1 aromatic carbocycles. The molecular weight excluding hydrogens is 383 g/mol. The Bertz CT molecular complexity index is 1000. The van der Waals surface area contributed by atoms with Gasteiger partial charge in [-0.2, -0.15) is 10.1 Å². The number of nitrogens with zero attached hydrogens (tertiary/aromatic N) is 4. The number of nitro benzene ring substituents is 1. The minimum atomic E-state index is -0.889. The summed E-state index contributed by atoms with van der Waals surface area (Å²) in [5.41, 5.74) is 0.167. The highest BCUT2D eigenvalue weighted by molar-refractivity contribution is 6.01. The minimum absolute atomic E-state index is 0.0719. The van der Waals surface area contributed by atoms with Gasteiger partial charge in [-0.3, -0.25) is 14.9 Å². The first-order valence-electron chi connectivity index (χ1n) is 8.70. The first-order valence-corrected chi connectivity index (χ1v) is 8.70. The number of fused-ring (bicyclic) bond motifs is 1. The molecule has 0 saturated heterocycles. The van der Waals surface area contributed by atoms with Gasteiger partial charge in [0.05, 0.1) is 22.6 Å². The number of carbonyl (C=O) groups is 1. The fourth-order valence-corrected chi connectivity index (χ4v) is 2.55. The average Bonchev–Trinajstić information content (AvgIpc) is 2.62. The Balaban J connectivity index is 1.82. The number of non-ortho nitro benzene ring substituents is 1. The fourth-order valence-electron chi connectivity index (χ4n) is 2.55. The van der Waals surface area contributed by atoms with Crippen molar-refractivity contribution in [1.82, 2.24) is 5.01 Å². The van der Waals surface area contributed by atoms with Gasteiger partial charge in [0, 0.05) is 12.5 Å². The maximum absolute atomic E-state index is 14.2. The lowest BCUT2D eigenvalue weighted by molar-refractivity contribution is -0.385. The lowest BCUT2D eigenvalue weighted by Crippen LogP contribution is -2.31. The molecule has 2 aliphatic heterocycles. The number of esters is 1. The number of aliphatic imine (C=N–C) groups is 1. The second kappa shape index (κ2) is 7.46. The Morgan fingerprint density at radius 1 is 1.34 bits per heavy atom. The summed E-state index contributed by atoms with van der Waals surface area (Å²) in [5.74, 6) is -0.993. The number of benzene rings is 1. The molecule has 0 aliphatic carbocycles. The van der Waals surface area contributed by atoms with Crippen LogP contribution in [-0.2, 0) is 9.53 Å².